The summed E-state index contributed by atoms with van der Waals surface area (Å²) in [7, 11) is 0. The van der Waals surface area contributed by atoms with E-state index in [0.29, 0.717) is 5.92 Å². The van der Waals surface area contributed by atoms with Crippen LogP contribution in [0.3, 0.4) is 0 Å². The number of aryl methyl sites for hydroxylation is 3. The van der Waals surface area contributed by atoms with Gasteiger partial charge in [-0.3, -0.25) is 0 Å². The Bertz CT molecular complexity index is 595. The normalized spacial score (nSPS) is 18.9. The van der Waals surface area contributed by atoms with E-state index in [0.717, 1.165) is 6.42 Å². The van der Waals surface area contributed by atoms with Gasteiger partial charge in [0.05, 0.1) is 0 Å². The fraction of sp³-hybridized carbons (Fsp3) is 0.368. The predicted molar refractivity (Wildman–Crippen MR) is 85.1 cm³/mol. The van der Waals surface area contributed by atoms with Crippen LogP contribution in [0.4, 0.5) is 0 Å². The molecule has 0 saturated carbocycles. The van der Waals surface area contributed by atoms with Crippen molar-refractivity contribution < 1.29 is 0 Å². The van der Waals surface area contributed by atoms with Crippen molar-refractivity contribution in [2.24, 2.45) is 5.73 Å². The molecule has 0 fully saturated rings. The minimum atomic E-state index is 0.222. The summed E-state index contributed by atoms with van der Waals surface area (Å²) in [5, 5.41) is 0. The van der Waals surface area contributed by atoms with Crippen molar-refractivity contribution in [2.75, 3.05) is 0 Å². The zero-order chi connectivity index (χ0) is 14.1. The minimum Gasteiger partial charge on any atom is -0.327 e. The second kappa shape index (κ2) is 5.41. The number of nitrogens with two attached hydrogens (primary N) is 1. The molecule has 1 aliphatic carbocycles. The summed E-state index contributed by atoms with van der Waals surface area (Å²) in [6.45, 7) is 4.32. The lowest BCUT2D eigenvalue weighted by Gasteiger charge is -2.21. The van der Waals surface area contributed by atoms with Crippen LogP contribution in [0.5, 0.6) is 0 Å². The van der Waals surface area contributed by atoms with Gasteiger partial charge in [-0.25, -0.2) is 0 Å². The fourth-order valence-corrected chi connectivity index (χ4v) is 3.64. The van der Waals surface area contributed by atoms with E-state index in [-0.39, 0.29) is 6.04 Å². The largest absolute Gasteiger partial charge is 0.327 e. The summed E-state index contributed by atoms with van der Waals surface area (Å²) in [6, 6.07) is 15.8. The van der Waals surface area contributed by atoms with Crippen LogP contribution in [0, 0.1) is 13.8 Å². The van der Waals surface area contributed by atoms with Crippen molar-refractivity contribution in [3.05, 3.63) is 70.3 Å². The number of fused-ring (bicyclic) bond motifs is 1. The molecule has 2 aromatic carbocycles. The third kappa shape index (κ3) is 2.64. The maximum Gasteiger partial charge on any atom is 0.0149 e. The van der Waals surface area contributed by atoms with Crippen molar-refractivity contribution in [2.45, 2.75) is 45.1 Å². The molecule has 0 radical (unpaired) electrons. The molecule has 0 amide bonds. The van der Waals surface area contributed by atoms with E-state index >= 15 is 0 Å². The first kappa shape index (κ1) is 13.4. The highest BCUT2D eigenvalue weighted by Gasteiger charge is 2.27. The summed E-state index contributed by atoms with van der Waals surface area (Å²) >= 11 is 0. The van der Waals surface area contributed by atoms with E-state index in [1.165, 1.54) is 40.7 Å². The van der Waals surface area contributed by atoms with Crippen LogP contribution >= 0.6 is 0 Å². The molecule has 0 bridgehead atoms. The van der Waals surface area contributed by atoms with Crippen molar-refractivity contribution in [1.29, 1.82) is 0 Å². The van der Waals surface area contributed by atoms with Gasteiger partial charge in [-0.2, -0.15) is 0 Å². The molecular weight excluding hydrogens is 242 g/mol. The summed E-state index contributed by atoms with van der Waals surface area (Å²) in [5.74, 6) is 0.520. The third-order valence-electron chi connectivity index (χ3n) is 4.45. The van der Waals surface area contributed by atoms with Crippen molar-refractivity contribution in [3.63, 3.8) is 0 Å². The maximum atomic E-state index is 6.53. The average molecular weight is 265 g/mol. The highest BCUT2D eigenvalue weighted by molar-refractivity contribution is 5.37. The molecule has 3 rings (SSSR count). The molecule has 104 valence electrons. The molecule has 2 unspecified atom stereocenters. The van der Waals surface area contributed by atoms with Crippen LogP contribution < -0.4 is 5.73 Å². The number of benzene rings is 2. The monoisotopic (exact) mass is 265 g/mol. The highest BCUT2D eigenvalue weighted by atomic mass is 14.7. The Labute approximate surface area is 121 Å². The summed E-state index contributed by atoms with van der Waals surface area (Å²) in [5.41, 5.74) is 13.5. The van der Waals surface area contributed by atoms with Crippen LogP contribution in [-0.2, 0) is 12.8 Å². The Morgan fingerprint density at radius 3 is 2.55 bits per heavy atom. The van der Waals surface area contributed by atoms with Crippen LogP contribution in [0.25, 0.3) is 0 Å². The van der Waals surface area contributed by atoms with E-state index in [9.17, 15) is 0 Å². The molecule has 1 nitrogen and oxygen atoms in total. The van der Waals surface area contributed by atoms with Gasteiger partial charge in [0.1, 0.15) is 0 Å². The van der Waals surface area contributed by atoms with Crippen LogP contribution in [-0.4, -0.2) is 6.04 Å². The second-order valence-electron chi connectivity index (χ2n) is 6.21. The maximum absolute atomic E-state index is 6.53. The molecule has 2 atom stereocenters. The van der Waals surface area contributed by atoms with Gasteiger partial charge in [0.2, 0.25) is 0 Å². The molecule has 2 aromatic rings. The van der Waals surface area contributed by atoms with Gasteiger partial charge in [-0.15, -0.1) is 0 Å². The molecule has 1 aliphatic rings. The quantitative estimate of drug-likeness (QED) is 0.895. The van der Waals surface area contributed by atoms with Crippen LogP contribution in [0.1, 0.15) is 40.2 Å². The molecule has 0 spiro atoms. The Balaban J connectivity index is 1.79. The lowest BCUT2D eigenvalue weighted by molar-refractivity contribution is 0.525. The number of hydrogen-bond acceptors (Lipinski definition) is 1. The standard InChI is InChI=1S/C19H23N/c1-13-9-14(2)11-15(10-13)12-19(20)18-8-7-16-5-3-4-6-17(16)18/h3-6,9-11,18-19H,7-8,12,20H2,1-2H3. The van der Waals surface area contributed by atoms with E-state index in [2.05, 4.69) is 56.3 Å². The van der Waals surface area contributed by atoms with Crippen molar-refractivity contribution in [3.8, 4) is 0 Å². The first-order valence-electron chi connectivity index (χ1n) is 7.54. The Morgan fingerprint density at radius 2 is 1.80 bits per heavy atom. The first-order valence-corrected chi connectivity index (χ1v) is 7.54. The smallest absolute Gasteiger partial charge is 0.0149 e. The molecule has 2 N–H and O–H groups in total. The van der Waals surface area contributed by atoms with Crippen molar-refractivity contribution in [1.82, 2.24) is 0 Å². The number of hydrogen-bond donors (Lipinski definition) is 1. The molecule has 0 heterocycles. The average Bonchev–Trinajstić information content (AvgIpc) is 2.81. The summed E-state index contributed by atoms with van der Waals surface area (Å²) in [6.07, 6.45) is 3.36. The van der Waals surface area contributed by atoms with Crippen LogP contribution in [0.15, 0.2) is 42.5 Å². The van der Waals surface area contributed by atoms with Gasteiger partial charge < -0.3 is 5.73 Å². The Hall–Kier alpha value is -1.60. The minimum absolute atomic E-state index is 0.222. The fourth-order valence-electron chi connectivity index (χ4n) is 3.64. The van der Waals surface area contributed by atoms with Gasteiger partial charge >= 0.3 is 0 Å². The SMILES string of the molecule is Cc1cc(C)cc(CC(N)C2CCc3ccccc32)c1. The first-order chi connectivity index (χ1) is 9.63. The van der Waals surface area contributed by atoms with E-state index in [1.54, 1.807) is 0 Å². The van der Waals surface area contributed by atoms with E-state index in [4.69, 9.17) is 5.73 Å². The van der Waals surface area contributed by atoms with E-state index in [1.807, 2.05) is 0 Å². The van der Waals surface area contributed by atoms with E-state index < -0.39 is 0 Å². The predicted octanol–water partition coefficient (Wildman–Crippen LogP) is 3.90. The lowest BCUT2D eigenvalue weighted by Crippen LogP contribution is -2.29. The zero-order valence-corrected chi connectivity index (χ0v) is 12.4. The van der Waals surface area contributed by atoms with Gasteiger partial charge in [-0.1, -0.05) is 53.6 Å². The van der Waals surface area contributed by atoms with Gasteiger partial charge in [-0.05, 0) is 55.7 Å². The third-order valence-corrected chi connectivity index (χ3v) is 4.45. The molecule has 20 heavy (non-hydrogen) atoms. The Kier molecular flexibility index (Phi) is 3.62. The van der Waals surface area contributed by atoms with Gasteiger partial charge in [0.15, 0.2) is 0 Å². The van der Waals surface area contributed by atoms with Gasteiger partial charge in [0, 0.05) is 6.04 Å². The van der Waals surface area contributed by atoms with Crippen LogP contribution in [0.2, 0.25) is 0 Å². The molecule has 0 aromatic heterocycles. The number of rotatable bonds is 3. The summed E-state index contributed by atoms with van der Waals surface area (Å²) in [4.78, 5) is 0. The Morgan fingerprint density at radius 1 is 1.10 bits per heavy atom. The molecule has 0 aliphatic heterocycles. The van der Waals surface area contributed by atoms with Gasteiger partial charge in [0.25, 0.3) is 0 Å². The lowest BCUT2D eigenvalue weighted by atomic mass is 9.89. The molecule has 1 heteroatoms. The molecule has 0 saturated heterocycles. The second-order valence-corrected chi connectivity index (χ2v) is 6.21. The van der Waals surface area contributed by atoms with Crippen molar-refractivity contribution >= 4 is 0 Å². The summed E-state index contributed by atoms with van der Waals surface area (Å²) < 4.78 is 0. The molecular formula is C19H23N. The highest BCUT2D eigenvalue weighted by Crippen LogP contribution is 2.35. The zero-order valence-electron chi connectivity index (χ0n) is 12.4. The topological polar surface area (TPSA) is 26.0 Å².